The first-order valence-corrected chi connectivity index (χ1v) is 5.15. The minimum absolute atomic E-state index is 0.247. The van der Waals surface area contributed by atoms with Crippen LogP contribution in [0.3, 0.4) is 0 Å². The first-order chi connectivity index (χ1) is 7.25. The van der Waals surface area contributed by atoms with Crippen LogP contribution in [-0.2, 0) is 0 Å². The summed E-state index contributed by atoms with van der Waals surface area (Å²) in [5.74, 6) is 0.908. The molecule has 1 heterocycles. The molecule has 0 amide bonds. The summed E-state index contributed by atoms with van der Waals surface area (Å²) in [6.07, 6.45) is 1.62. The van der Waals surface area contributed by atoms with Gasteiger partial charge in [-0.15, -0.1) is 0 Å². The van der Waals surface area contributed by atoms with E-state index in [-0.39, 0.29) is 5.95 Å². The maximum Gasteiger partial charge on any atom is 0.222 e. The van der Waals surface area contributed by atoms with Crippen molar-refractivity contribution in [2.45, 2.75) is 0 Å². The van der Waals surface area contributed by atoms with Gasteiger partial charge in [0.25, 0.3) is 0 Å². The molecule has 0 fully saturated rings. The maximum absolute atomic E-state index is 5.50. The van der Waals surface area contributed by atoms with E-state index in [4.69, 9.17) is 5.73 Å². The van der Waals surface area contributed by atoms with Crippen LogP contribution < -0.4 is 11.1 Å². The van der Waals surface area contributed by atoms with Crippen LogP contribution in [0, 0.1) is 0 Å². The zero-order valence-corrected chi connectivity index (χ0v) is 9.40. The number of hydrogen-bond donors (Lipinski definition) is 2. The van der Waals surface area contributed by atoms with Crippen molar-refractivity contribution in [3.8, 4) is 0 Å². The van der Waals surface area contributed by atoms with Gasteiger partial charge < -0.3 is 11.1 Å². The van der Waals surface area contributed by atoms with E-state index in [1.165, 1.54) is 0 Å². The highest BCUT2D eigenvalue weighted by Crippen LogP contribution is 2.22. The van der Waals surface area contributed by atoms with Crippen molar-refractivity contribution in [2.24, 2.45) is 0 Å². The predicted octanol–water partition coefficient (Wildman–Crippen LogP) is 2.56. The van der Waals surface area contributed by atoms with Gasteiger partial charge in [-0.2, -0.15) is 4.98 Å². The smallest absolute Gasteiger partial charge is 0.222 e. The Kier molecular flexibility index (Phi) is 2.82. The van der Waals surface area contributed by atoms with Crippen LogP contribution >= 0.6 is 15.9 Å². The number of nitrogens with two attached hydrogens (primary N) is 1. The Labute approximate surface area is 95.7 Å². The summed E-state index contributed by atoms with van der Waals surface area (Å²) in [4.78, 5) is 7.94. The van der Waals surface area contributed by atoms with E-state index in [1.54, 1.807) is 6.20 Å². The highest BCUT2D eigenvalue weighted by Gasteiger charge is 2.02. The molecule has 0 aliphatic heterocycles. The van der Waals surface area contributed by atoms with Gasteiger partial charge in [0.2, 0.25) is 5.95 Å². The van der Waals surface area contributed by atoms with Gasteiger partial charge >= 0.3 is 0 Å². The number of nitrogen functional groups attached to an aromatic ring is 1. The van der Waals surface area contributed by atoms with Crippen molar-refractivity contribution < 1.29 is 0 Å². The zero-order valence-electron chi connectivity index (χ0n) is 7.81. The minimum Gasteiger partial charge on any atom is -0.368 e. The molecule has 2 rings (SSSR count). The van der Waals surface area contributed by atoms with Gasteiger partial charge in [-0.3, -0.25) is 0 Å². The van der Waals surface area contributed by atoms with E-state index in [0.717, 1.165) is 10.2 Å². The third kappa shape index (κ3) is 2.44. The van der Waals surface area contributed by atoms with Crippen LogP contribution in [0.5, 0.6) is 0 Å². The van der Waals surface area contributed by atoms with Crippen molar-refractivity contribution in [1.29, 1.82) is 0 Å². The maximum atomic E-state index is 5.50. The molecule has 0 spiro atoms. The average molecular weight is 265 g/mol. The number of nitrogens with zero attached hydrogens (tertiary/aromatic N) is 2. The number of hydrogen-bond acceptors (Lipinski definition) is 4. The van der Waals surface area contributed by atoms with Crippen molar-refractivity contribution in [1.82, 2.24) is 9.97 Å². The number of nitrogens with one attached hydrogen (secondary N) is 1. The van der Waals surface area contributed by atoms with Crippen LogP contribution in [0.1, 0.15) is 0 Å². The molecule has 4 nitrogen and oxygen atoms in total. The second kappa shape index (κ2) is 4.27. The summed E-state index contributed by atoms with van der Waals surface area (Å²) < 4.78 is 0.778. The van der Waals surface area contributed by atoms with Gasteiger partial charge in [0.15, 0.2) is 0 Å². The normalized spacial score (nSPS) is 9.93. The molecule has 1 aromatic carbocycles. The first-order valence-electron chi connectivity index (χ1n) is 4.36. The minimum atomic E-state index is 0.247. The molecule has 0 bridgehead atoms. The molecule has 0 unspecified atom stereocenters. The highest BCUT2D eigenvalue weighted by molar-refractivity contribution is 9.10. The van der Waals surface area contributed by atoms with E-state index >= 15 is 0 Å². The van der Waals surface area contributed by atoms with Crippen molar-refractivity contribution in [2.75, 3.05) is 11.1 Å². The van der Waals surface area contributed by atoms with Crippen molar-refractivity contribution >= 4 is 33.4 Å². The van der Waals surface area contributed by atoms with Crippen LogP contribution in [0.15, 0.2) is 41.0 Å². The van der Waals surface area contributed by atoms with Gasteiger partial charge in [0, 0.05) is 11.9 Å². The summed E-state index contributed by atoms with van der Waals surface area (Å²) in [5, 5.41) is 3.14. The SMILES string of the molecule is Nc1ncc(Br)c(Nc2ccccc2)n1. The van der Waals surface area contributed by atoms with Gasteiger partial charge in [-0.1, -0.05) is 18.2 Å². The molecule has 0 radical (unpaired) electrons. The topological polar surface area (TPSA) is 63.8 Å². The molecule has 0 aliphatic carbocycles. The number of para-hydroxylation sites is 1. The first kappa shape index (κ1) is 9.92. The van der Waals surface area contributed by atoms with Crippen molar-refractivity contribution in [3.63, 3.8) is 0 Å². The third-order valence-electron chi connectivity index (χ3n) is 1.80. The summed E-state index contributed by atoms with van der Waals surface area (Å²) in [5.41, 5.74) is 6.45. The number of anilines is 3. The van der Waals surface area contributed by atoms with E-state index in [2.05, 4.69) is 31.2 Å². The molecule has 0 atom stereocenters. The van der Waals surface area contributed by atoms with Crippen LogP contribution in [0.4, 0.5) is 17.5 Å². The lowest BCUT2D eigenvalue weighted by atomic mass is 10.3. The monoisotopic (exact) mass is 264 g/mol. The number of benzene rings is 1. The summed E-state index contributed by atoms with van der Waals surface area (Å²) in [7, 11) is 0. The Balaban J connectivity index is 2.28. The quantitative estimate of drug-likeness (QED) is 0.875. The zero-order chi connectivity index (χ0) is 10.7. The molecule has 0 aliphatic rings. The molecule has 3 N–H and O–H groups in total. The van der Waals surface area contributed by atoms with E-state index in [9.17, 15) is 0 Å². The van der Waals surface area contributed by atoms with Crippen LogP contribution in [-0.4, -0.2) is 9.97 Å². The molecule has 15 heavy (non-hydrogen) atoms. The summed E-state index contributed by atoms with van der Waals surface area (Å²) in [6, 6.07) is 9.74. The molecule has 0 saturated heterocycles. The molecule has 76 valence electrons. The lowest BCUT2D eigenvalue weighted by Crippen LogP contribution is -2.00. The Morgan fingerprint density at radius 1 is 1.20 bits per heavy atom. The Bertz CT molecular complexity index is 458. The average Bonchev–Trinajstić information content (AvgIpc) is 2.25. The van der Waals surface area contributed by atoms with E-state index in [0.29, 0.717) is 5.82 Å². The predicted molar refractivity (Wildman–Crippen MR) is 63.9 cm³/mol. The molecular weight excluding hydrogens is 256 g/mol. The second-order valence-corrected chi connectivity index (χ2v) is 3.77. The van der Waals surface area contributed by atoms with E-state index < -0.39 is 0 Å². The molecule has 0 saturated carbocycles. The van der Waals surface area contributed by atoms with E-state index in [1.807, 2.05) is 30.3 Å². The third-order valence-corrected chi connectivity index (χ3v) is 2.38. The van der Waals surface area contributed by atoms with Gasteiger partial charge in [0.1, 0.15) is 5.82 Å². The lowest BCUT2D eigenvalue weighted by molar-refractivity contribution is 1.17. The van der Waals surface area contributed by atoms with Crippen LogP contribution in [0.25, 0.3) is 0 Å². The van der Waals surface area contributed by atoms with Gasteiger partial charge in [0.05, 0.1) is 4.47 Å². The number of rotatable bonds is 2. The van der Waals surface area contributed by atoms with Crippen LogP contribution in [0.2, 0.25) is 0 Å². The number of halogens is 1. The lowest BCUT2D eigenvalue weighted by Gasteiger charge is -2.06. The second-order valence-electron chi connectivity index (χ2n) is 2.92. The van der Waals surface area contributed by atoms with Gasteiger partial charge in [-0.05, 0) is 28.1 Å². The molecular formula is C10H9BrN4. The standard InChI is InChI=1S/C10H9BrN4/c11-8-6-13-10(12)15-9(8)14-7-4-2-1-3-5-7/h1-6H,(H3,12,13,14,15). The fourth-order valence-electron chi connectivity index (χ4n) is 1.13. The number of aromatic nitrogens is 2. The fraction of sp³-hybridized carbons (Fsp3) is 0. The fourth-order valence-corrected chi connectivity index (χ4v) is 1.42. The summed E-state index contributed by atoms with van der Waals surface area (Å²) >= 11 is 3.34. The Morgan fingerprint density at radius 3 is 2.67 bits per heavy atom. The Hall–Kier alpha value is -1.62. The Morgan fingerprint density at radius 2 is 1.93 bits per heavy atom. The molecule has 5 heteroatoms. The van der Waals surface area contributed by atoms with Gasteiger partial charge in [-0.25, -0.2) is 4.98 Å². The molecule has 2 aromatic rings. The summed E-state index contributed by atoms with van der Waals surface area (Å²) in [6.45, 7) is 0. The molecule has 1 aromatic heterocycles. The highest BCUT2D eigenvalue weighted by atomic mass is 79.9. The largest absolute Gasteiger partial charge is 0.368 e. The van der Waals surface area contributed by atoms with Crippen molar-refractivity contribution in [3.05, 3.63) is 41.0 Å².